The van der Waals surface area contributed by atoms with E-state index in [1.165, 1.54) is 13.2 Å². The van der Waals surface area contributed by atoms with Crippen LogP contribution in [0.5, 0.6) is 0 Å². The van der Waals surface area contributed by atoms with Gasteiger partial charge in [-0.15, -0.1) is 0 Å². The zero-order valence-corrected chi connectivity index (χ0v) is 19.8. The van der Waals surface area contributed by atoms with Gasteiger partial charge in [0, 0.05) is 31.1 Å². The van der Waals surface area contributed by atoms with Crippen molar-refractivity contribution in [1.82, 2.24) is 0 Å². The van der Waals surface area contributed by atoms with Gasteiger partial charge in [-0.25, -0.2) is 0 Å². The zero-order valence-electron chi connectivity index (χ0n) is 19.8. The summed E-state index contributed by atoms with van der Waals surface area (Å²) in [6.45, 7) is 7.95. The van der Waals surface area contributed by atoms with E-state index >= 15 is 0 Å². The highest BCUT2D eigenvalue weighted by atomic mass is 16.5. The zero-order chi connectivity index (χ0) is 23.4. The van der Waals surface area contributed by atoms with E-state index in [9.17, 15) is 19.5 Å². The molecule has 31 heavy (non-hydrogen) atoms. The number of hydrogen-bond donors (Lipinski definition) is 1. The maximum absolute atomic E-state index is 12.7. The van der Waals surface area contributed by atoms with Crippen LogP contribution in [0.25, 0.3) is 0 Å². The molecule has 0 saturated heterocycles. The quantitative estimate of drug-likeness (QED) is 0.200. The second-order valence-electron chi connectivity index (χ2n) is 9.26. The van der Waals surface area contributed by atoms with Crippen LogP contribution in [0.1, 0.15) is 79.1 Å². The van der Waals surface area contributed by atoms with E-state index in [4.69, 9.17) is 4.74 Å². The molecule has 1 aliphatic carbocycles. The van der Waals surface area contributed by atoms with E-state index in [1.807, 2.05) is 26.8 Å². The molecule has 0 aromatic carbocycles. The van der Waals surface area contributed by atoms with Crippen molar-refractivity contribution in [1.29, 1.82) is 0 Å². The maximum Gasteiger partial charge on any atom is 0.305 e. The lowest BCUT2D eigenvalue weighted by Crippen LogP contribution is -2.31. The van der Waals surface area contributed by atoms with Crippen LogP contribution in [0, 0.1) is 11.8 Å². The minimum atomic E-state index is -0.563. The van der Waals surface area contributed by atoms with E-state index in [2.05, 4.69) is 11.7 Å². The average Bonchev–Trinajstić information content (AvgIpc) is 2.96. The predicted molar refractivity (Wildman–Crippen MR) is 121 cm³/mol. The van der Waals surface area contributed by atoms with Crippen LogP contribution in [-0.2, 0) is 23.9 Å². The molecule has 0 aliphatic heterocycles. The number of rotatable bonds is 13. The van der Waals surface area contributed by atoms with Crippen LogP contribution in [-0.4, -0.2) is 47.6 Å². The molecule has 0 bridgehead atoms. The van der Waals surface area contributed by atoms with Gasteiger partial charge in [0.15, 0.2) is 5.78 Å². The van der Waals surface area contributed by atoms with Gasteiger partial charge in [-0.3, -0.25) is 14.4 Å². The minimum absolute atomic E-state index is 0.0145. The van der Waals surface area contributed by atoms with Gasteiger partial charge in [0.2, 0.25) is 0 Å². The summed E-state index contributed by atoms with van der Waals surface area (Å²) < 4.78 is 10.7. The summed E-state index contributed by atoms with van der Waals surface area (Å²) in [6, 6.07) is 0. The Bertz CT molecular complexity index is 643. The Labute approximate surface area is 187 Å². The van der Waals surface area contributed by atoms with Crippen molar-refractivity contribution in [2.45, 2.75) is 96.9 Å². The molecule has 0 aromatic heterocycles. The second kappa shape index (κ2) is 13.6. The Morgan fingerprint density at radius 1 is 1.26 bits per heavy atom. The van der Waals surface area contributed by atoms with Gasteiger partial charge in [-0.1, -0.05) is 44.4 Å². The van der Waals surface area contributed by atoms with Crippen molar-refractivity contribution >= 4 is 17.5 Å². The fraction of sp³-hybridized carbons (Fsp3) is 0.720. The number of ether oxygens (including phenoxy) is 2. The van der Waals surface area contributed by atoms with Gasteiger partial charge in [0.25, 0.3) is 0 Å². The van der Waals surface area contributed by atoms with Crippen molar-refractivity contribution in [3.8, 4) is 0 Å². The molecule has 0 radical (unpaired) electrons. The number of allylic oxidation sites excluding steroid dienone is 2. The third-order valence-electron chi connectivity index (χ3n) is 5.34. The molecule has 1 fully saturated rings. The highest BCUT2D eigenvalue weighted by Gasteiger charge is 2.43. The number of aliphatic hydroxyl groups is 1. The molecule has 0 aromatic rings. The summed E-state index contributed by atoms with van der Waals surface area (Å²) in [4.78, 5) is 36.3. The van der Waals surface area contributed by atoms with Crippen molar-refractivity contribution < 1.29 is 29.0 Å². The standard InChI is InChI=1S/C25H40O6/c1-6-7-8-11-18(26)14-15-20-21(22(28)17-23(20)31-25(2,3)4)16-19(27)12-9-10-13-24(29)30-5/h9,12,14-15,18,20-21,23,26H,6-8,10-11,13,16-17H2,1-5H3/t18?,20-,21-,23?/m1/s1. The highest BCUT2D eigenvalue weighted by molar-refractivity contribution is 5.95. The van der Waals surface area contributed by atoms with Crippen molar-refractivity contribution in [3.63, 3.8) is 0 Å². The second-order valence-corrected chi connectivity index (χ2v) is 9.26. The number of carbonyl (C=O) groups excluding carboxylic acids is 3. The molecule has 6 nitrogen and oxygen atoms in total. The average molecular weight is 437 g/mol. The summed E-state index contributed by atoms with van der Waals surface area (Å²) in [7, 11) is 1.33. The monoisotopic (exact) mass is 436 g/mol. The van der Waals surface area contributed by atoms with Crippen molar-refractivity contribution in [2.24, 2.45) is 11.8 Å². The van der Waals surface area contributed by atoms with Gasteiger partial charge in [-0.2, -0.15) is 0 Å². The first-order chi connectivity index (χ1) is 14.6. The molecular weight excluding hydrogens is 396 g/mol. The topological polar surface area (TPSA) is 89.9 Å². The van der Waals surface area contributed by atoms with Gasteiger partial charge < -0.3 is 14.6 Å². The van der Waals surface area contributed by atoms with E-state index in [0.717, 1.165) is 19.3 Å². The number of aliphatic hydroxyl groups excluding tert-OH is 1. The summed E-state index contributed by atoms with van der Waals surface area (Å²) in [5, 5.41) is 10.3. The lowest BCUT2D eigenvalue weighted by Gasteiger charge is -2.28. The Morgan fingerprint density at radius 2 is 1.97 bits per heavy atom. The first-order valence-electron chi connectivity index (χ1n) is 11.4. The van der Waals surface area contributed by atoms with Crippen LogP contribution in [0.2, 0.25) is 0 Å². The number of carbonyl (C=O) groups is 3. The molecule has 1 N–H and O–H groups in total. The number of unbranched alkanes of at least 4 members (excludes halogenated alkanes) is 2. The normalized spacial score (nSPS) is 23.0. The third-order valence-corrected chi connectivity index (χ3v) is 5.34. The molecule has 6 heteroatoms. The molecular formula is C25H40O6. The first-order valence-corrected chi connectivity index (χ1v) is 11.4. The summed E-state index contributed by atoms with van der Waals surface area (Å²) >= 11 is 0. The Hall–Kier alpha value is -1.79. The predicted octanol–water partition coefficient (Wildman–Crippen LogP) is 4.34. The number of Topliss-reactive ketones (excluding diaryl/α,β-unsaturated/α-hetero) is 1. The van der Waals surface area contributed by atoms with Gasteiger partial charge >= 0.3 is 5.97 Å². The molecule has 4 atom stereocenters. The lowest BCUT2D eigenvalue weighted by molar-refractivity contribution is -0.140. The smallest absolute Gasteiger partial charge is 0.305 e. The summed E-state index contributed by atoms with van der Waals surface area (Å²) in [5.74, 6) is -1.18. The number of hydrogen-bond acceptors (Lipinski definition) is 6. The Kier molecular flexibility index (Phi) is 11.9. The Balaban J connectivity index is 2.83. The van der Waals surface area contributed by atoms with Crippen molar-refractivity contribution in [2.75, 3.05) is 7.11 Å². The summed E-state index contributed by atoms with van der Waals surface area (Å²) in [6.07, 6.45) is 10.6. The minimum Gasteiger partial charge on any atom is -0.469 e. The SMILES string of the molecule is CCCCCC(O)C=C[C@H]1C(OC(C)(C)C)CC(=O)[C@@H]1CC(=O)C=CCCC(=O)OC. The van der Waals surface area contributed by atoms with Crippen LogP contribution in [0.3, 0.4) is 0 Å². The Morgan fingerprint density at radius 3 is 2.58 bits per heavy atom. The third kappa shape index (κ3) is 10.9. The maximum atomic E-state index is 12.7. The summed E-state index contributed by atoms with van der Waals surface area (Å²) in [5.41, 5.74) is -0.413. The molecule has 0 amide bonds. The number of methoxy groups -OCH3 is 1. The van der Waals surface area contributed by atoms with Crippen LogP contribution in [0.15, 0.2) is 24.3 Å². The van der Waals surface area contributed by atoms with Gasteiger partial charge in [-0.05, 0) is 39.7 Å². The lowest BCUT2D eigenvalue weighted by atomic mass is 9.88. The van der Waals surface area contributed by atoms with Gasteiger partial charge in [0.1, 0.15) is 5.78 Å². The first kappa shape index (κ1) is 27.2. The van der Waals surface area contributed by atoms with Gasteiger partial charge in [0.05, 0.1) is 24.9 Å². The molecule has 1 saturated carbocycles. The molecule has 1 rings (SSSR count). The van der Waals surface area contributed by atoms with E-state index in [1.54, 1.807) is 12.2 Å². The highest BCUT2D eigenvalue weighted by Crippen LogP contribution is 2.37. The van der Waals surface area contributed by atoms with Crippen LogP contribution < -0.4 is 0 Å². The van der Waals surface area contributed by atoms with E-state index in [0.29, 0.717) is 12.8 Å². The number of esters is 1. The molecule has 2 unspecified atom stereocenters. The van der Waals surface area contributed by atoms with Crippen molar-refractivity contribution in [3.05, 3.63) is 24.3 Å². The van der Waals surface area contributed by atoms with E-state index in [-0.39, 0.29) is 48.8 Å². The molecule has 0 heterocycles. The molecule has 176 valence electrons. The molecule has 1 aliphatic rings. The van der Waals surface area contributed by atoms with Crippen LogP contribution in [0.4, 0.5) is 0 Å². The van der Waals surface area contributed by atoms with E-state index < -0.39 is 17.6 Å². The largest absolute Gasteiger partial charge is 0.469 e. The fourth-order valence-corrected chi connectivity index (χ4v) is 3.80. The molecule has 0 spiro atoms. The number of ketones is 2. The fourth-order valence-electron chi connectivity index (χ4n) is 3.80. The van der Waals surface area contributed by atoms with Crippen LogP contribution >= 0.6 is 0 Å².